The molecule has 1 heterocycles. The molecule has 28 heavy (non-hydrogen) atoms. The van der Waals surface area contributed by atoms with Crippen LogP contribution in [0.2, 0.25) is 5.02 Å². The number of nitrogens with one attached hydrogen (secondary N) is 1. The van der Waals surface area contributed by atoms with Crippen LogP contribution >= 0.6 is 23.4 Å². The van der Waals surface area contributed by atoms with E-state index in [0.717, 1.165) is 11.3 Å². The number of hydrogen-bond acceptors (Lipinski definition) is 5. The number of aryl methyl sites for hydroxylation is 1. The van der Waals surface area contributed by atoms with Gasteiger partial charge in [0.1, 0.15) is 12.3 Å². The number of ether oxygens (including phenoxy) is 1. The molecule has 2 aromatic rings. The van der Waals surface area contributed by atoms with Crippen LogP contribution in [0.25, 0.3) is 0 Å². The summed E-state index contributed by atoms with van der Waals surface area (Å²) in [6.45, 7) is 3.83. The van der Waals surface area contributed by atoms with Crippen molar-refractivity contribution in [2.75, 3.05) is 23.9 Å². The second-order valence-corrected chi connectivity index (χ2v) is 7.98. The van der Waals surface area contributed by atoms with Gasteiger partial charge < -0.3 is 10.1 Å². The molecule has 1 aliphatic heterocycles. The largest absolute Gasteiger partial charge is 0.495 e. The van der Waals surface area contributed by atoms with Crippen LogP contribution in [0, 0.1) is 6.92 Å². The van der Waals surface area contributed by atoms with E-state index in [2.05, 4.69) is 10.3 Å². The van der Waals surface area contributed by atoms with E-state index < -0.39 is 5.25 Å². The number of nitrogens with zero attached hydrogens (tertiary/aromatic N) is 2. The van der Waals surface area contributed by atoms with Crippen LogP contribution in [0.1, 0.15) is 12.5 Å². The number of rotatable bonds is 5. The first-order valence-corrected chi connectivity index (χ1v) is 9.90. The zero-order valence-corrected chi connectivity index (χ0v) is 17.3. The molecule has 0 fully saturated rings. The number of methoxy groups -OCH3 is 1. The number of halogens is 1. The minimum absolute atomic E-state index is 0.0820. The normalized spacial score (nSPS) is 14.6. The fraction of sp³-hybridized carbons (Fsp3) is 0.250. The fourth-order valence-corrected chi connectivity index (χ4v) is 3.81. The molecular weight excluding hydrogens is 398 g/mol. The molecule has 0 saturated heterocycles. The Bertz CT molecular complexity index is 931. The molecule has 1 atom stereocenters. The quantitative estimate of drug-likeness (QED) is 0.794. The molecule has 1 N–H and O–H groups in total. The summed E-state index contributed by atoms with van der Waals surface area (Å²) in [6.07, 6.45) is 0. The van der Waals surface area contributed by atoms with E-state index >= 15 is 0 Å². The Kier molecular flexibility index (Phi) is 6.26. The van der Waals surface area contributed by atoms with Crippen molar-refractivity contribution in [1.82, 2.24) is 0 Å². The number of amidine groups is 1. The Balaban J connectivity index is 1.68. The third-order valence-corrected chi connectivity index (χ3v) is 5.54. The van der Waals surface area contributed by atoms with Crippen molar-refractivity contribution >= 4 is 51.7 Å². The van der Waals surface area contributed by atoms with Gasteiger partial charge in [0.2, 0.25) is 5.91 Å². The van der Waals surface area contributed by atoms with Crippen molar-refractivity contribution in [1.29, 1.82) is 0 Å². The summed E-state index contributed by atoms with van der Waals surface area (Å²) >= 11 is 7.34. The second-order valence-electron chi connectivity index (χ2n) is 6.26. The Morgan fingerprint density at radius 2 is 2.00 bits per heavy atom. The van der Waals surface area contributed by atoms with Crippen molar-refractivity contribution in [2.45, 2.75) is 19.1 Å². The Morgan fingerprint density at radius 1 is 1.29 bits per heavy atom. The average Bonchev–Trinajstić information content (AvgIpc) is 3.03. The number of thioether (sulfide) groups is 1. The maximum absolute atomic E-state index is 12.6. The zero-order chi connectivity index (χ0) is 20.3. The molecule has 0 unspecified atom stereocenters. The van der Waals surface area contributed by atoms with E-state index in [1.807, 2.05) is 31.2 Å². The molecule has 1 aliphatic rings. The lowest BCUT2D eigenvalue weighted by Gasteiger charge is -2.20. The second kappa shape index (κ2) is 8.67. The summed E-state index contributed by atoms with van der Waals surface area (Å²) in [7, 11) is 1.53. The van der Waals surface area contributed by atoms with Gasteiger partial charge in [-0.05, 0) is 44.2 Å². The van der Waals surface area contributed by atoms with Crippen molar-refractivity contribution in [3.8, 4) is 5.75 Å². The molecule has 0 spiro atoms. The van der Waals surface area contributed by atoms with Gasteiger partial charge in [-0.25, -0.2) is 0 Å². The number of carbonyl (C=O) groups is 2. The summed E-state index contributed by atoms with van der Waals surface area (Å²) in [5.74, 6) is 0.215. The van der Waals surface area contributed by atoms with Crippen LogP contribution in [0.3, 0.4) is 0 Å². The standard InChI is InChI=1S/C20H20ClN3O3S/c1-12-4-7-15(8-5-12)24-18(25)11-22-20(24)28-13(2)19(26)23-14-6-9-17(27-3)16(21)10-14/h4-10,13H,11H2,1-3H3,(H,23,26)/t13-/m1/s1. The molecule has 0 radical (unpaired) electrons. The first-order valence-electron chi connectivity index (χ1n) is 8.64. The van der Waals surface area contributed by atoms with Gasteiger partial charge in [0.25, 0.3) is 5.91 Å². The zero-order valence-electron chi connectivity index (χ0n) is 15.7. The Hall–Kier alpha value is -2.51. The molecule has 0 aromatic heterocycles. The Labute approximate surface area is 172 Å². The van der Waals surface area contributed by atoms with Gasteiger partial charge in [0.15, 0.2) is 5.17 Å². The predicted molar refractivity (Wildman–Crippen MR) is 115 cm³/mol. The molecule has 2 amide bonds. The van der Waals surface area contributed by atoms with Crippen molar-refractivity contribution in [2.24, 2.45) is 4.99 Å². The van der Waals surface area contributed by atoms with Gasteiger partial charge in [0.05, 0.1) is 23.1 Å². The smallest absolute Gasteiger partial charge is 0.254 e. The summed E-state index contributed by atoms with van der Waals surface area (Å²) in [5, 5.41) is 3.29. The number of amides is 2. The molecule has 0 bridgehead atoms. The summed E-state index contributed by atoms with van der Waals surface area (Å²) in [5.41, 5.74) is 2.42. The van der Waals surface area contributed by atoms with Crippen LogP contribution in [0.15, 0.2) is 47.5 Å². The number of carbonyl (C=O) groups excluding carboxylic acids is 2. The van der Waals surface area contributed by atoms with Gasteiger partial charge in [-0.3, -0.25) is 19.5 Å². The van der Waals surface area contributed by atoms with Crippen molar-refractivity contribution in [3.63, 3.8) is 0 Å². The number of aliphatic imine (C=N–C) groups is 1. The van der Waals surface area contributed by atoms with E-state index in [9.17, 15) is 9.59 Å². The molecule has 0 aliphatic carbocycles. The van der Waals surface area contributed by atoms with E-state index in [0.29, 0.717) is 21.6 Å². The van der Waals surface area contributed by atoms with Crippen LogP contribution in [-0.4, -0.2) is 35.9 Å². The highest BCUT2D eigenvalue weighted by Crippen LogP contribution is 2.29. The van der Waals surface area contributed by atoms with Gasteiger partial charge >= 0.3 is 0 Å². The summed E-state index contributed by atoms with van der Waals surface area (Å²) < 4.78 is 5.11. The topological polar surface area (TPSA) is 71.0 Å². The van der Waals surface area contributed by atoms with Crippen LogP contribution in [0.5, 0.6) is 5.75 Å². The number of anilines is 2. The first kappa shape index (κ1) is 20.2. The first-order chi connectivity index (χ1) is 13.4. The minimum Gasteiger partial charge on any atom is -0.495 e. The van der Waals surface area contributed by atoms with Crippen molar-refractivity contribution < 1.29 is 14.3 Å². The Morgan fingerprint density at radius 3 is 2.64 bits per heavy atom. The lowest BCUT2D eigenvalue weighted by atomic mass is 10.2. The molecule has 6 nitrogen and oxygen atoms in total. The average molecular weight is 418 g/mol. The van der Waals surface area contributed by atoms with Gasteiger partial charge in [-0.2, -0.15) is 0 Å². The van der Waals surface area contributed by atoms with E-state index in [1.165, 1.54) is 18.9 Å². The summed E-state index contributed by atoms with van der Waals surface area (Å²) in [6, 6.07) is 12.7. The molecule has 3 rings (SSSR count). The van der Waals surface area contributed by atoms with Gasteiger partial charge in [0, 0.05) is 5.69 Å². The highest BCUT2D eigenvalue weighted by Gasteiger charge is 2.30. The minimum atomic E-state index is -0.460. The van der Waals surface area contributed by atoms with Gasteiger partial charge in [-0.1, -0.05) is 41.1 Å². The molecule has 2 aromatic carbocycles. The number of benzene rings is 2. The van der Waals surface area contributed by atoms with Crippen LogP contribution < -0.4 is 15.0 Å². The monoisotopic (exact) mass is 417 g/mol. The fourth-order valence-electron chi connectivity index (χ4n) is 2.62. The lowest BCUT2D eigenvalue weighted by Crippen LogP contribution is -2.33. The lowest BCUT2D eigenvalue weighted by molar-refractivity contribution is -0.116. The van der Waals surface area contributed by atoms with Crippen LogP contribution in [-0.2, 0) is 9.59 Å². The van der Waals surface area contributed by atoms with E-state index in [4.69, 9.17) is 16.3 Å². The number of hydrogen-bond donors (Lipinski definition) is 1. The van der Waals surface area contributed by atoms with Gasteiger partial charge in [-0.15, -0.1) is 0 Å². The van der Waals surface area contributed by atoms with Crippen molar-refractivity contribution in [3.05, 3.63) is 53.1 Å². The molecule has 8 heteroatoms. The maximum Gasteiger partial charge on any atom is 0.254 e. The van der Waals surface area contributed by atoms with E-state index in [1.54, 1.807) is 30.0 Å². The highest BCUT2D eigenvalue weighted by molar-refractivity contribution is 8.15. The van der Waals surface area contributed by atoms with Crippen LogP contribution in [0.4, 0.5) is 11.4 Å². The third kappa shape index (κ3) is 4.48. The third-order valence-electron chi connectivity index (χ3n) is 4.15. The van der Waals surface area contributed by atoms with E-state index in [-0.39, 0.29) is 18.4 Å². The predicted octanol–water partition coefficient (Wildman–Crippen LogP) is 4.12. The SMILES string of the molecule is COc1ccc(NC(=O)[C@@H](C)SC2=NCC(=O)N2c2ccc(C)cc2)cc1Cl. The molecule has 146 valence electrons. The maximum atomic E-state index is 12.6. The molecular formula is C20H20ClN3O3S. The molecule has 0 saturated carbocycles. The summed E-state index contributed by atoms with van der Waals surface area (Å²) in [4.78, 5) is 30.7. The highest BCUT2D eigenvalue weighted by atomic mass is 35.5.